The van der Waals surface area contributed by atoms with Gasteiger partial charge in [-0.1, -0.05) is 55.8 Å². The lowest BCUT2D eigenvalue weighted by Crippen LogP contribution is -2.34. The highest BCUT2D eigenvalue weighted by Gasteiger charge is 2.39. The molecule has 0 radical (unpaired) electrons. The van der Waals surface area contributed by atoms with Gasteiger partial charge < -0.3 is 10.0 Å². The first kappa shape index (κ1) is 22.9. The minimum Gasteiger partial charge on any atom is -0.478 e. The zero-order valence-electron chi connectivity index (χ0n) is 20.2. The minimum atomic E-state index is -0.929. The van der Waals surface area contributed by atoms with Crippen molar-refractivity contribution in [2.45, 2.75) is 51.4 Å². The van der Waals surface area contributed by atoms with E-state index < -0.39 is 5.97 Å². The molecule has 4 nitrogen and oxygen atoms in total. The quantitative estimate of drug-likeness (QED) is 0.378. The van der Waals surface area contributed by atoms with Gasteiger partial charge in [-0.25, -0.2) is 9.79 Å². The van der Waals surface area contributed by atoms with Crippen molar-refractivity contribution >= 4 is 44.7 Å². The number of rotatable bonds is 2. The van der Waals surface area contributed by atoms with Crippen LogP contribution in [0.5, 0.6) is 0 Å². The number of carboxylic acids is 1. The Morgan fingerprint density at radius 3 is 2.15 bits per heavy atom. The van der Waals surface area contributed by atoms with Crippen molar-refractivity contribution in [3.8, 4) is 0 Å². The van der Waals surface area contributed by atoms with E-state index in [1.807, 2.05) is 24.3 Å². The van der Waals surface area contributed by atoms with Crippen molar-refractivity contribution in [1.29, 1.82) is 0 Å². The second-order valence-electron chi connectivity index (χ2n) is 10.7. The van der Waals surface area contributed by atoms with E-state index in [-0.39, 0.29) is 16.4 Å². The summed E-state index contributed by atoms with van der Waals surface area (Å²) in [5.74, 6) is -0.929. The molecule has 2 aliphatic rings. The molecule has 0 fully saturated rings. The molecule has 1 N–H and O–H groups in total. The highest BCUT2D eigenvalue weighted by molar-refractivity contribution is 9.10. The average molecular weight is 517 g/mol. The summed E-state index contributed by atoms with van der Waals surface area (Å²) in [7, 11) is 2.10. The van der Waals surface area contributed by atoms with Crippen LogP contribution in [0.1, 0.15) is 73.1 Å². The molecule has 0 unspecified atom stereocenters. The van der Waals surface area contributed by atoms with Crippen LogP contribution in [0.15, 0.2) is 64.1 Å². The number of carbonyl (C=O) groups is 1. The Hall–Kier alpha value is -2.92. The average Bonchev–Trinajstić information content (AvgIpc) is 2.90. The molecule has 174 valence electrons. The summed E-state index contributed by atoms with van der Waals surface area (Å²) in [4.78, 5) is 18.8. The predicted molar refractivity (Wildman–Crippen MR) is 143 cm³/mol. The molecular formula is C29H29BrN2O2. The summed E-state index contributed by atoms with van der Waals surface area (Å²) in [5.41, 5.74) is 9.07. The van der Waals surface area contributed by atoms with Gasteiger partial charge in [-0.2, -0.15) is 0 Å². The Morgan fingerprint density at radius 2 is 1.53 bits per heavy atom. The molecule has 5 heteroatoms. The van der Waals surface area contributed by atoms with Gasteiger partial charge in [-0.05, 0) is 77.3 Å². The van der Waals surface area contributed by atoms with Crippen LogP contribution in [0.3, 0.4) is 0 Å². The monoisotopic (exact) mass is 516 g/mol. The molecule has 1 aliphatic carbocycles. The lowest BCUT2D eigenvalue weighted by atomic mass is 9.62. The minimum absolute atomic E-state index is 0.0684. The summed E-state index contributed by atoms with van der Waals surface area (Å²) >= 11 is 3.60. The van der Waals surface area contributed by atoms with E-state index in [1.165, 1.54) is 11.1 Å². The maximum absolute atomic E-state index is 11.4. The normalized spacial score (nSPS) is 17.7. The lowest BCUT2D eigenvalue weighted by molar-refractivity contribution is 0.0697. The zero-order chi connectivity index (χ0) is 24.4. The fourth-order valence-electron chi connectivity index (χ4n) is 5.24. The number of carboxylic acid groups (broad SMARTS) is 1. The van der Waals surface area contributed by atoms with Gasteiger partial charge >= 0.3 is 5.97 Å². The number of nitrogens with zero attached hydrogens (tertiary/aromatic N) is 2. The number of aromatic carboxylic acids is 1. The Labute approximate surface area is 209 Å². The van der Waals surface area contributed by atoms with Crippen molar-refractivity contribution in [3.05, 3.63) is 86.9 Å². The molecule has 0 saturated heterocycles. The first-order valence-corrected chi connectivity index (χ1v) is 12.4. The molecule has 0 amide bonds. The Morgan fingerprint density at radius 1 is 0.912 bits per heavy atom. The molecule has 1 aliphatic heterocycles. The molecule has 0 saturated carbocycles. The summed E-state index contributed by atoms with van der Waals surface area (Å²) in [5, 5.41) is 9.38. The molecule has 3 aromatic rings. The SMILES string of the molecule is CN1c2ccc(Br)cc2N=C(c2ccc(C(=O)O)cc2)c2cc3c(cc21)C(C)(C)CCC3(C)C. The van der Waals surface area contributed by atoms with Crippen LogP contribution in [-0.4, -0.2) is 23.8 Å². The van der Waals surface area contributed by atoms with Gasteiger partial charge in [-0.3, -0.25) is 0 Å². The molecule has 5 rings (SSSR count). The molecule has 0 bridgehead atoms. The summed E-state index contributed by atoms with van der Waals surface area (Å²) in [6.45, 7) is 9.35. The third-order valence-electron chi connectivity index (χ3n) is 7.52. The van der Waals surface area contributed by atoms with Crippen molar-refractivity contribution in [3.63, 3.8) is 0 Å². The standard InChI is InChI=1S/C29H29BrN2O2/c1-28(2)12-13-29(3,4)22-16-25-20(15-21(22)28)26(17-6-8-18(9-7-17)27(33)34)31-23-14-19(30)10-11-24(23)32(25)5/h6-11,14-16H,12-13H2,1-5H3,(H,33,34). The molecule has 34 heavy (non-hydrogen) atoms. The summed E-state index contributed by atoms with van der Waals surface area (Å²) < 4.78 is 0.969. The maximum atomic E-state index is 11.4. The van der Waals surface area contributed by atoms with Crippen LogP contribution in [-0.2, 0) is 10.8 Å². The van der Waals surface area contributed by atoms with Gasteiger partial charge in [0, 0.05) is 22.6 Å². The van der Waals surface area contributed by atoms with Gasteiger partial charge in [-0.15, -0.1) is 0 Å². The van der Waals surface area contributed by atoms with Crippen molar-refractivity contribution < 1.29 is 9.90 Å². The van der Waals surface area contributed by atoms with Crippen LogP contribution in [0.25, 0.3) is 0 Å². The third-order valence-corrected chi connectivity index (χ3v) is 8.02. The smallest absolute Gasteiger partial charge is 0.335 e. The van der Waals surface area contributed by atoms with Crippen LogP contribution in [0.2, 0.25) is 0 Å². The number of hydrogen-bond donors (Lipinski definition) is 1. The van der Waals surface area contributed by atoms with Gasteiger partial charge in [0.05, 0.1) is 28.3 Å². The van der Waals surface area contributed by atoms with Crippen molar-refractivity contribution in [2.75, 3.05) is 11.9 Å². The van der Waals surface area contributed by atoms with Crippen LogP contribution < -0.4 is 4.90 Å². The molecule has 1 heterocycles. The summed E-state index contributed by atoms with van der Waals surface area (Å²) in [6.07, 6.45) is 2.28. The zero-order valence-corrected chi connectivity index (χ0v) is 21.8. The van der Waals surface area contributed by atoms with E-state index in [0.717, 1.165) is 51.2 Å². The van der Waals surface area contributed by atoms with Crippen LogP contribution in [0.4, 0.5) is 17.1 Å². The van der Waals surface area contributed by atoms with Crippen LogP contribution in [0, 0.1) is 0 Å². The third kappa shape index (κ3) is 3.67. The van der Waals surface area contributed by atoms with Gasteiger partial charge in [0.2, 0.25) is 0 Å². The van der Waals surface area contributed by atoms with Crippen molar-refractivity contribution in [1.82, 2.24) is 0 Å². The Bertz CT molecular complexity index is 1350. The maximum Gasteiger partial charge on any atom is 0.335 e. The second-order valence-corrected chi connectivity index (χ2v) is 11.6. The highest BCUT2D eigenvalue weighted by atomic mass is 79.9. The molecule has 0 aromatic heterocycles. The van der Waals surface area contributed by atoms with E-state index >= 15 is 0 Å². The number of fused-ring (bicyclic) bond motifs is 3. The number of hydrogen-bond acceptors (Lipinski definition) is 3. The van der Waals surface area contributed by atoms with Gasteiger partial charge in [0.15, 0.2) is 0 Å². The first-order valence-electron chi connectivity index (χ1n) is 11.6. The van der Waals surface area contributed by atoms with E-state index in [4.69, 9.17) is 4.99 Å². The second kappa shape index (κ2) is 7.81. The first-order chi connectivity index (χ1) is 16.0. The number of aliphatic imine (C=N–C) groups is 1. The largest absolute Gasteiger partial charge is 0.478 e. The molecule has 0 atom stereocenters. The number of anilines is 2. The van der Waals surface area contributed by atoms with E-state index in [1.54, 1.807) is 12.1 Å². The molecular weight excluding hydrogens is 488 g/mol. The topological polar surface area (TPSA) is 52.9 Å². The summed E-state index contributed by atoms with van der Waals surface area (Å²) in [6, 6.07) is 17.9. The number of halogens is 1. The fraction of sp³-hybridized carbons (Fsp3) is 0.310. The van der Waals surface area contributed by atoms with Crippen molar-refractivity contribution in [2.24, 2.45) is 4.99 Å². The number of benzene rings is 3. The van der Waals surface area contributed by atoms with Gasteiger partial charge in [0.25, 0.3) is 0 Å². The predicted octanol–water partition coefficient (Wildman–Crippen LogP) is 7.75. The van der Waals surface area contributed by atoms with E-state index in [9.17, 15) is 9.90 Å². The highest BCUT2D eigenvalue weighted by Crippen LogP contribution is 2.50. The molecule has 0 spiro atoms. The molecule has 3 aromatic carbocycles. The fourth-order valence-corrected chi connectivity index (χ4v) is 5.59. The van der Waals surface area contributed by atoms with E-state index in [2.05, 4.69) is 73.8 Å². The van der Waals surface area contributed by atoms with Crippen LogP contribution >= 0.6 is 15.9 Å². The van der Waals surface area contributed by atoms with Gasteiger partial charge in [0.1, 0.15) is 0 Å². The Balaban J connectivity index is 1.83. The van der Waals surface area contributed by atoms with E-state index in [0.29, 0.717) is 0 Å². The Kier molecular flexibility index (Phi) is 5.25. The lowest BCUT2D eigenvalue weighted by Gasteiger charge is -2.43.